The molecule has 0 aromatic heterocycles. The third kappa shape index (κ3) is 7.46. The van der Waals surface area contributed by atoms with Gasteiger partial charge < -0.3 is 10.1 Å². The molecule has 0 unspecified atom stereocenters. The Labute approximate surface area is 244 Å². The molecule has 2 N–H and O–H groups in total. The molecule has 0 atom stereocenters. The van der Waals surface area contributed by atoms with Gasteiger partial charge in [-0.15, -0.1) is 0 Å². The zero-order chi connectivity index (χ0) is 28.6. The van der Waals surface area contributed by atoms with Gasteiger partial charge in [0.15, 0.2) is 0 Å². The van der Waals surface area contributed by atoms with Gasteiger partial charge in [0.25, 0.3) is 17.5 Å². The second kappa shape index (κ2) is 12.9. The molecule has 10 nitrogen and oxygen atoms in total. The topological polar surface area (TPSA) is 140 Å². The Hall–Kier alpha value is -4.68. The highest BCUT2D eigenvalue weighted by Crippen LogP contribution is 2.23. The molecule has 0 bridgehead atoms. The molecule has 0 fully saturated rings. The maximum atomic E-state index is 12.6. The Bertz CT molecular complexity index is 1610. The van der Waals surface area contributed by atoms with Crippen molar-refractivity contribution >= 4 is 67.2 Å². The van der Waals surface area contributed by atoms with Gasteiger partial charge in [0.2, 0.25) is 0 Å². The van der Waals surface area contributed by atoms with E-state index in [0.717, 1.165) is 4.47 Å². The van der Waals surface area contributed by atoms with E-state index in [1.165, 1.54) is 36.5 Å². The van der Waals surface area contributed by atoms with Crippen LogP contribution in [0.3, 0.4) is 0 Å². The van der Waals surface area contributed by atoms with Gasteiger partial charge in [-0.3, -0.25) is 19.7 Å². The molecule has 0 aliphatic rings. The number of ether oxygens (including phenoxy) is 1. The van der Waals surface area contributed by atoms with Crippen LogP contribution in [0.15, 0.2) is 105 Å². The van der Waals surface area contributed by atoms with Gasteiger partial charge in [-0.2, -0.15) is 5.10 Å². The summed E-state index contributed by atoms with van der Waals surface area (Å²) in [5.41, 5.74) is 4.08. The number of hydrazone groups is 1. The molecule has 4 aromatic carbocycles. The molecule has 2 amide bonds. The molecule has 4 aromatic rings. The molecule has 0 aliphatic carbocycles. The highest BCUT2D eigenvalue weighted by Gasteiger charge is 2.14. The van der Waals surface area contributed by atoms with E-state index in [4.69, 9.17) is 4.74 Å². The number of anilines is 1. The standard InChI is InChI=1S/C28H18Br2N4O6/c29-21-7-1-17(2-8-21)26(35)32-23-10-3-18(4-11-23)27(36)33-31-16-20-15-22(30)9-14-25(20)40-28(37)19-5-12-24(13-6-19)34(38)39/h1-16H,(H,32,35)(H,33,36)/b31-16-. The van der Waals surface area contributed by atoms with Crippen molar-refractivity contribution < 1.29 is 24.0 Å². The zero-order valence-corrected chi connectivity index (χ0v) is 23.5. The van der Waals surface area contributed by atoms with Crippen LogP contribution in [0.25, 0.3) is 0 Å². The van der Waals surface area contributed by atoms with Gasteiger partial charge in [0.05, 0.1) is 16.7 Å². The van der Waals surface area contributed by atoms with Crippen molar-refractivity contribution in [1.29, 1.82) is 0 Å². The van der Waals surface area contributed by atoms with Crippen LogP contribution < -0.4 is 15.5 Å². The highest BCUT2D eigenvalue weighted by atomic mass is 79.9. The lowest BCUT2D eigenvalue weighted by Gasteiger charge is -2.08. The number of nitrogens with zero attached hydrogens (tertiary/aromatic N) is 2. The van der Waals surface area contributed by atoms with Crippen LogP contribution in [0.1, 0.15) is 36.6 Å². The van der Waals surface area contributed by atoms with Crippen LogP contribution in [0.4, 0.5) is 11.4 Å². The first-order valence-corrected chi connectivity index (χ1v) is 13.0. The molecule has 0 radical (unpaired) electrons. The van der Waals surface area contributed by atoms with Crippen LogP contribution in [0, 0.1) is 10.1 Å². The van der Waals surface area contributed by atoms with Crippen molar-refractivity contribution in [2.24, 2.45) is 5.10 Å². The molecule has 0 saturated carbocycles. The van der Waals surface area contributed by atoms with E-state index < -0.39 is 16.8 Å². The quantitative estimate of drug-likeness (QED) is 0.0739. The second-order valence-electron chi connectivity index (χ2n) is 8.11. The monoisotopic (exact) mass is 664 g/mol. The number of carbonyl (C=O) groups excluding carboxylic acids is 3. The summed E-state index contributed by atoms with van der Waals surface area (Å²) in [5, 5.41) is 17.6. The molecule has 4 rings (SSSR count). The number of hydrogen-bond donors (Lipinski definition) is 2. The van der Waals surface area contributed by atoms with Crippen molar-refractivity contribution in [2.45, 2.75) is 0 Å². The van der Waals surface area contributed by atoms with Crippen molar-refractivity contribution in [3.05, 3.63) is 132 Å². The van der Waals surface area contributed by atoms with E-state index in [-0.39, 0.29) is 22.9 Å². The molecular weight excluding hydrogens is 648 g/mol. The summed E-state index contributed by atoms with van der Waals surface area (Å²) in [7, 11) is 0. The van der Waals surface area contributed by atoms with Gasteiger partial charge in [-0.05, 0) is 78.9 Å². The fourth-order valence-corrected chi connectivity index (χ4v) is 3.97. The summed E-state index contributed by atoms with van der Waals surface area (Å²) in [4.78, 5) is 47.7. The predicted octanol–water partition coefficient (Wildman–Crippen LogP) is 6.36. The largest absolute Gasteiger partial charge is 0.422 e. The van der Waals surface area contributed by atoms with Crippen molar-refractivity contribution in [3.8, 4) is 5.75 Å². The lowest BCUT2D eigenvalue weighted by atomic mass is 10.1. The summed E-state index contributed by atoms with van der Waals surface area (Å²) in [6, 6.07) is 23.0. The average Bonchev–Trinajstić information content (AvgIpc) is 2.95. The SMILES string of the molecule is O=C(N/N=C\c1cc(Br)ccc1OC(=O)c1ccc([N+](=O)[O-])cc1)c1ccc(NC(=O)c2ccc(Br)cc2)cc1. The Morgan fingerprint density at radius 2 is 1.35 bits per heavy atom. The maximum absolute atomic E-state index is 12.6. The number of nitrogens with one attached hydrogen (secondary N) is 2. The predicted molar refractivity (Wildman–Crippen MR) is 156 cm³/mol. The van der Waals surface area contributed by atoms with Crippen LogP contribution in [-0.4, -0.2) is 28.9 Å². The van der Waals surface area contributed by atoms with Crippen LogP contribution in [-0.2, 0) is 0 Å². The van der Waals surface area contributed by atoms with E-state index in [1.807, 2.05) is 0 Å². The average molecular weight is 666 g/mol. The van der Waals surface area contributed by atoms with Gasteiger partial charge in [-0.25, -0.2) is 10.2 Å². The van der Waals surface area contributed by atoms with Crippen molar-refractivity contribution in [3.63, 3.8) is 0 Å². The highest BCUT2D eigenvalue weighted by molar-refractivity contribution is 9.10. The number of rotatable bonds is 8. The van der Waals surface area contributed by atoms with E-state index >= 15 is 0 Å². The molecule has 0 saturated heterocycles. The summed E-state index contributed by atoms with van der Waals surface area (Å²) in [6.45, 7) is 0. The van der Waals surface area contributed by atoms with E-state index in [2.05, 4.69) is 47.7 Å². The molecule has 0 aliphatic heterocycles. The lowest BCUT2D eigenvalue weighted by molar-refractivity contribution is -0.384. The minimum absolute atomic E-state index is 0.126. The molecule has 12 heteroatoms. The second-order valence-corrected chi connectivity index (χ2v) is 9.94. The van der Waals surface area contributed by atoms with Crippen molar-refractivity contribution in [1.82, 2.24) is 5.43 Å². The number of nitro benzene ring substituents is 1. The smallest absolute Gasteiger partial charge is 0.343 e. The van der Waals surface area contributed by atoms with Gasteiger partial charge >= 0.3 is 5.97 Å². The Morgan fingerprint density at radius 3 is 2.00 bits per heavy atom. The number of non-ortho nitro benzene ring substituents is 1. The summed E-state index contributed by atoms with van der Waals surface area (Å²) in [6.07, 6.45) is 1.31. The normalized spacial score (nSPS) is 10.7. The van der Waals surface area contributed by atoms with E-state index in [9.17, 15) is 24.5 Å². The summed E-state index contributed by atoms with van der Waals surface area (Å²) < 4.78 is 6.98. The minimum Gasteiger partial charge on any atom is -0.422 e. The first-order valence-electron chi connectivity index (χ1n) is 11.5. The Morgan fingerprint density at radius 1 is 0.775 bits per heavy atom. The fourth-order valence-electron chi connectivity index (χ4n) is 3.33. The number of halogens is 2. The third-order valence-corrected chi connectivity index (χ3v) is 6.39. The van der Waals surface area contributed by atoms with Gasteiger partial charge in [0.1, 0.15) is 5.75 Å². The van der Waals surface area contributed by atoms with Crippen LogP contribution in [0.5, 0.6) is 5.75 Å². The summed E-state index contributed by atoms with van der Waals surface area (Å²) in [5.74, 6) is -1.34. The minimum atomic E-state index is -0.719. The molecule has 0 spiro atoms. The Balaban J connectivity index is 1.38. The van der Waals surface area contributed by atoms with E-state index in [0.29, 0.717) is 26.9 Å². The Kier molecular flexibility index (Phi) is 9.15. The molecular formula is C28H18Br2N4O6. The first-order chi connectivity index (χ1) is 19.2. The number of hydrogen-bond acceptors (Lipinski definition) is 7. The number of nitro groups is 1. The summed E-state index contributed by atoms with van der Waals surface area (Å²) >= 11 is 6.67. The van der Waals surface area contributed by atoms with Gasteiger partial charge in [0, 0.05) is 43.5 Å². The van der Waals surface area contributed by atoms with Crippen LogP contribution >= 0.6 is 31.9 Å². The number of benzene rings is 4. The molecule has 0 heterocycles. The number of carbonyl (C=O) groups is 3. The number of amides is 2. The van der Waals surface area contributed by atoms with Crippen LogP contribution in [0.2, 0.25) is 0 Å². The number of esters is 1. The van der Waals surface area contributed by atoms with Crippen molar-refractivity contribution in [2.75, 3.05) is 5.32 Å². The third-order valence-electron chi connectivity index (χ3n) is 5.37. The fraction of sp³-hybridized carbons (Fsp3) is 0. The maximum Gasteiger partial charge on any atom is 0.343 e. The van der Waals surface area contributed by atoms with E-state index in [1.54, 1.807) is 60.7 Å². The molecule has 40 heavy (non-hydrogen) atoms. The van der Waals surface area contributed by atoms with Gasteiger partial charge in [-0.1, -0.05) is 31.9 Å². The lowest BCUT2D eigenvalue weighted by Crippen LogP contribution is -2.18. The molecule has 200 valence electrons. The zero-order valence-electron chi connectivity index (χ0n) is 20.3. The first kappa shape index (κ1) is 28.3.